The number of aliphatic hydroxyl groups excluding tert-OH is 1. The van der Waals surface area contributed by atoms with Gasteiger partial charge in [0.1, 0.15) is 11.1 Å². The van der Waals surface area contributed by atoms with E-state index in [1.165, 1.54) is 29.1 Å². The standard InChI is InChI=1S/C17H26N4OS/c1-12-2-5-20(6-3-12)9-13(22)10-21-7-4-14-15(8-18)17(19)23-16(14)11-21/h12-13,22H,2-7,9-11,19H2,1H3. The normalized spacial score (nSPS) is 21.8. The van der Waals surface area contributed by atoms with Crippen molar-refractivity contribution in [2.24, 2.45) is 5.92 Å². The Bertz CT molecular complexity index is 586. The summed E-state index contributed by atoms with van der Waals surface area (Å²) < 4.78 is 0. The molecule has 6 heteroatoms. The number of piperidine rings is 1. The molecule has 2 aliphatic heterocycles. The van der Waals surface area contributed by atoms with Crippen molar-refractivity contribution in [1.82, 2.24) is 9.80 Å². The summed E-state index contributed by atoms with van der Waals surface area (Å²) in [5.41, 5.74) is 7.74. The zero-order chi connectivity index (χ0) is 16.4. The molecule has 1 fully saturated rings. The number of nitrogens with zero attached hydrogens (tertiary/aromatic N) is 3. The van der Waals surface area contributed by atoms with Crippen molar-refractivity contribution >= 4 is 16.3 Å². The van der Waals surface area contributed by atoms with E-state index in [0.717, 1.165) is 50.6 Å². The van der Waals surface area contributed by atoms with Crippen molar-refractivity contribution in [3.05, 3.63) is 16.0 Å². The Labute approximate surface area is 142 Å². The van der Waals surface area contributed by atoms with Crippen LogP contribution in [0.5, 0.6) is 0 Å². The third kappa shape index (κ3) is 3.86. The monoisotopic (exact) mass is 334 g/mol. The van der Waals surface area contributed by atoms with Gasteiger partial charge in [0, 0.05) is 31.1 Å². The van der Waals surface area contributed by atoms with E-state index in [9.17, 15) is 10.4 Å². The second-order valence-electron chi connectivity index (χ2n) is 6.98. The van der Waals surface area contributed by atoms with E-state index in [4.69, 9.17) is 5.73 Å². The van der Waals surface area contributed by atoms with E-state index in [1.807, 2.05) is 0 Å². The van der Waals surface area contributed by atoms with Gasteiger partial charge in [-0.15, -0.1) is 11.3 Å². The van der Waals surface area contributed by atoms with E-state index >= 15 is 0 Å². The molecule has 1 aromatic rings. The molecule has 3 rings (SSSR count). The van der Waals surface area contributed by atoms with Crippen LogP contribution in [0.3, 0.4) is 0 Å². The molecule has 0 aliphatic carbocycles. The average molecular weight is 334 g/mol. The summed E-state index contributed by atoms with van der Waals surface area (Å²) in [6.45, 7) is 7.69. The topological polar surface area (TPSA) is 76.5 Å². The summed E-state index contributed by atoms with van der Waals surface area (Å²) >= 11 is 1.53. The molecule has 3 heterocycles. The largest absolute Gasteiger partial charge is 0.390 e. The molecule has 1 atom stereocenters. The molecule has 23 heavy (non-hydrogen) atoms. The second kappa shape index (κ2) is 7.18. The number of hydrogen-bond acceptors (Lipinski definition) is 6. The first kappa shape index (κ1) is 16.7. The van der Waals surface area contributed by atoms with Gasteiger partial charge in [-0.1, -0.05) is 6.92 Å². The highest BCUT2D eigenvalue weighted by molar-refractivity contribution is 7.16. The predicted molar refractivity (Wildman–Crippen MR) is 93.3 cm³/mol. The van der Waals surface area contributed by atoms with Gasteiger partial charge in [-0.05, 0) is 43.8 Å². The lowest BCUT2D eigenvalue weighted by Crippen LogP contribution is -2.44. The molecule has 0 saturated carbocycles. The summed E-state index contributed by atoms with van der Waals surface area (Å²) in [4.78, 5) is 5.87. The highest BCUT2D eigenvalue weighted by Gasteiger charge is 2.25. The zero-order valence-electron chi connectivity index (χ0n) is 13.8. The molecule has 1 unspecified atom stereocenters. The van der Waals surface area contributed by atoms with Gasteiger partial charge >= 0.3 is 0 Å². The molecule has 0 bridgehead atoms. The summed E-state index contributed by atoms with van der Waals surface area (Å²) in [6.07, 6.45) is 3.04. The molecule has 0 amide bonds. The number of likely N-dealkylation sites (tertiary alicyclic amines) is 1. The number of nitriles is 1. The van der Waals surface area contributed by atoms with Crippen molar-refractivity contribution in [3.63, 3.8) is 0 Å². The minimum atomic E-state index is -0.308. The van der Waals surface area contributed by atoms with Gasteiger partial charge in [0.2, 0.25) is 0 Å². The average Bonchev–Trinajstić information content (AvgIpc) is 2.83. The van der Waals surface area contributed by atoms with Crippen molar-refractivity contribution < 1.29 is 5.11 Å². The van der Waals surface area contributed by atoms with E-state index in [1.54, 1.807) is 0 Å². The van der Waals surface area contributed by atoms with Crippen LogP contribution in [0.15, 0.2) is 0 Å². The highest BCUT2D eigenvalue weighted by atomic mass is 32.1. The summed E-state index contributed by atoms with van der Waals surface area (Å²) in [5, 5.41) is 20.3. The minimum Gasteiger partial charge on any atom is -0.390 e. The molecule has 126 valence electrons. The quantitative estimate of drug-likeness (QED) is 0.876. The maximum atomic E-state index is 10.4. The van der Waals surface area contributed by atoms with Crippen LogP contribution in [-0.4, -0.2) is 53.7 Å². The van der Waals surface area contributed by atoms with E-state index < -0.39 is 0 Å². The lowest BCUT2D eigenvalue weighted by molar-refractivity contribution is 0.0580. The molecule has 0 spiro atoms. The van der Waals surface area contributed by atoms with Gasteiger partial charge in [0.15, 0.2) is 0 Å². The number of nitrogens with two attached hydrogens (primary N) is 1. The Morgan fingerprint density at radius 3 is 2.70 bits per heavy atom. The van der Waals surface area contributed by atoms with Crippen LogP contribution in [-0.2, 0) is 13.0 Å². The van der Waals surface area contributed by atoms with Crippen LogP contribution in [0.1, 0.15) is 35.8 Å². The first-order valence-corrected chi connectivity index (χ1v) is 9.31. The van der Waals surface area contributed by atoms with Gasteiger partial charge in [-0.3, -0.25) is 4.90 Å². The van der Waals surface area contributed by atoms with Crippen molar-refractivity contribution in [2.45, 2.75) is 38.8 Å². The number of fused-ring (bicyclic) bond motifs is 1. The first-order valence-electron chi connectivity index (χ1n) is 8.49. The lowest BCUT2D eigenvalue weighted by atomic mass is 9.99. The van der Waals surface area contributed by atoms with Gasteiger partial charge in [-0.2, -0.15) is 5.26 Å². The fourth-order valence-electron chi connectivity index (χ4n) is 3.65. The second-order valence-corrected chi connectivity index (χ2v) is 8.11. The third-order valence-corrected chi connectivity index (χ3v) is 6.14. The number of anilines is 1. The summed E-state index contributed by atoms with van der Waals surface area (Å²) in [5.74, 6) is 0.822. The molecule has 0 radical (unpaired) electrons. The van der Waals surface area contributed by atoms with Crippen molar-refractivity contribution in [2.75, 3.05) is 38.5 Å². The molecular weight excluding hydrogens is 308 g/mol. The fraction of sp³-hybridized carbons (Fsp3) is 0.706. The highest BCUT2D eigenvalue weighted by Crippen LogP contribution is 2.34. The Morgan fingerprint density at radius 2 is 2.00 bits per heavy atom. The lowest BCUT2D eigenvalue weighted by Gasteiger charge is -2.34. The van der Waals surface area contributed by atoms with Gasteiger partial charge in [0.05, 0.1) is 11.7 Å². The minimum absolute atomic E-state index is 0.308. The number of thiophene rings is 1. The molecule has 1 saturated heterocycles. The first-order chi connectivity index (χ1) is 11.1. The van der Waals surface area contributed by atoms with Crippen LogP contribution in [0.2, 0.25) is 0 Å². The molecule has 0 aromatic carbocycles. The molecule has 1 aromatic heterocycles. The molecule has 3 N–H and O–H groups in total. The van der Waals surface area contributed by atoms with Crippen molar-refractivity contribution in [1.29, 1.82) is 5.26 Å². The maximum Gasteiger partial charge on any atom is 0.104 e. The smallest absolute Gasteiger partial charge is 0.104 e. The SMILES string of the molecule is CC1CCN(CC(O)CN2CCc3c(sc(N)c3C#N)C2)CC1. The van der Waals surface area contributed by atoms with Crippen molar-refractivity contribution in [3.8, 4) is 6.07 Å². The number of rotatable bonds is 4. The van der Waals surface area contributed by atoms with Gasteiger partial charge in [-0.25, -0.2) is 0 Å². The maximum absolute atomic E-state index is 10.4. The summed E-state index contributed by atoms with van der Waals surface area (Å²) in [6, 6.07) is 2.23. The fourth-order valence-corrected chi connectivity index (χ4v) is 4.77. The van der Waals surface area contributed by atoms with Gasteiger partial charge in [0.25, 0.3) is 0 Å². The van der Waals surface area contributed by atoms with E-state index in [-0.39, 0.29) is 6.10 Å². The Hall–Kier alpha value is -1.13. The van der Waals surface area contributed by atoms with Crippen LogP contribution >= 0.6 is 11.3 Å². The zero-order valence-corrected chi connectivity index (χ0v) is 14.6. The predicted octanol–water partition coefficient (Wildman–Crippen LogP) is 1.65. The molecular formula is C17H26N4OS. The van der Waals surface area contributed by atoms with Crippen LogP contribution in [0.25, 0.3) is 0 Å². The van der Waals surface area contributed by atoms with Crippen LogP contribution in [0.4, 0.5) is 5.00 Å². The summed E-state index contributed by atoms with van der Waals surface area (Å²) in [7, 11) is 0. The number of hydrogen-bond donors (Lipinski definition) is 2. The number of nitrogen functional groups attached to an aromatic ring is 1. The Balaban J connectivity index is 1.52. The van der Waals surface area contributed by atoms with Crippen LogP contribution < -0.4 is 5.73 Å². The molecule has 2 aliphatic rings. The number of β-amino-alcohol motifs (C(OH)–C–C–N with tert-alkyl or cyclic N) is 1. The Kier molecular flexibility index (Phi) is 5.22. The van der Waals surface area contributed by atoms with Gasteiger partial charge < -0.3 is 15.7 Å². The molecule has 5 nitrogen and oxygen atoms in total. The Morgan fingerprint density at radius 1 is 1.30 bits per heavy atom. The van der Waals surface area contributed by atoms with Crippen LogP contribution in [0, 0.1) is 17.2 Å². The third-order valence-electron chi connectivity index (χ3n) is 5.09. The van der Waals surface area contributed by atoms with E-state index in [0.29, 0.717) is 17.1 Å². The number of aliphatic hydroxyl groups is 1. The van der Waals surface area contributed by atoms with E-state index in [2.05, 4.69) is 22.8 Å².